The molecule has 0 bridgehead atoms. The number of hydrogen-bond acceptors (Lipinski definition) is 4. The van der Waals surface area contributed by atoms with E-state index in [2.05, 4.69) is 92.4 Å². The molecule has 5 rings (SSSR count). The second-order valence-electron chi connectivity index (χ2n) is 11.6. The van der Waals surface area contributed by atoms with Gasteiger partial charge >= 0.3 is 0 Å². The van der Waals surface area contributed by atoms with Gasteiger partial charge in [0.2, 0.25) is 0 Å². The molecule has 37 heavy (non-hydrogen) atoms. The van der Waals surface area contributed by atoms with Crippen molar-refractivity contribution in [2.24, 2.45) is 11.8 Å². The molecule has 0 aromatic heterocycles. The summed E-state index contributed by atoms with van der Waals surface area (Å²) in [5, 5.41) is 11.2. The molecule has 1 heterocycles. The summed E-state index contributed by atoms with van der Waals surface area (Å²) < 4.78 is 12.5. The SMILES string of the molecule is COc1ccc([C@@]2(OCc3ccccc3)CN(C(C)(C)[C@@H]3CC[C@@H](C)C[C@H]3O)[C@H]2c2ccccc2)cc1. The summed E-state index contributed by atoms with van der Waals surface area (Å²) in [6.07, 6.45) is 2.82. The highest BCUT2D eigenvalue weighted by Crippen LogP contribution is 2.57. The van der Waals surface area contributed by atoms with Crippen molar-refractivity contribution in [3.63, 3.8) is 0 Å². The van der Waals surface area contributed by atoms with Crippen LogP contribution in [0, 0.1) is 11.8 Å². The van der Waals surface area contributed by atoms with Crippen LogP contribution in [0.2, 0.25) is 0 Å². The van der Waals surface area contributed by atoms with E-state index in [1.807, 2.05) is 18.2 Å². The molecule has 1 saturated carbocycles. The fourth-order valence-electron chi connectivity index (χ4n) is 6.70. The number of likely N-dealkylation sites (tertiary alicyclic amines) is 1. The Bertz CT molecular complexity index is 1150. The summed E-state index contributed by atoms with van der Waals surface area (Å²) in [4.78, 5) is 2.58. The van der Waals surface area contributed by atoms with Crippen LogP contribution in [0.15, 0.2) is 84.9 Å². The van der Waals surface area contributed by atoms with E-state index in [-0.39, 0.29) is 23.6 Å². The number of rotatable bonds is 8. The molecule has 1 aliphatic carbocycles. The quantitative estimate of drug-likeness (QED) is 0.373. The normalized spacial score (nSPS) is 28.5. The molecule has 0 unspecified atom stereocenters. The number of aliphatic hydroxyl groups excluding tert-OH is 1. The highest BCUT2D eigenvalue weighted by molar-refractivity contribution is 5.39. The predicted octanol–water partition coefficient (Wildman–Crippen LogP) is 6.74. The number of aliphatic hydroxyl groups is 1. The van der Waals surface area contributed by atoms with E-state index in [9.17, 15) is 5.11 Å². The number of ether oxygens (including phenoxy) is 2. The average Bonchev–Trinajstić information content (AvgIpc) is 2.89. The largest absolute Gasteiger partial charge is 0.497 e. The fourth-order valence-corrected chi connectivity index (χ4v) is 6.70. The van der Waals surface area contributed by atoms with Gasteiger partial charge in [0.1, 0.15) is 11.4 Å². The Morgan fingerprint density at radius 2 is 1.57 bits per heavy atom. The summed E-state index contributed by atoms with van der Waals surface area (Å²) in [5.74, 6) is 1.64. The molecule has 1 aliphatic heterocycles. The van der Waals surface area contributed by atoms with Crippen LogP contribution >= 0.6 is 0 Å². The average molecular weight is 500 g/mol. The highest BCUT2D eigenvalue weighted by Gasteiger charge is 2.61. The lowest BCUT2D eigenvalue weighted by Gasteiger charge is -2.64. The lowest BCUT2D eigenvalue weighted by atomic mass is 9.65. The van der Waals surface area contributed by atoms with Gasteiger partial charge in [-0.2, -0.15) is 0 Å². The maximum Gasteiger partial charge on any atom is 0.126 e. The summed E-state index contributed by atoms with van der Waals surface area (Å²) >= 11 is 0. The molecule has 1 N–H and O–H groups in total. The van der Waals surface area contributed by atoms with Gasteiger partial charge in [0.25, 0.3) is 0 Å². The Labute approximate surface area is 222 Å². The highest BCUT2D eigenvalue weighted by atomic mass is 16.5. The van der Waals surface area contributed by atoms with Crippen LogP contribution in [-0.2, 0) is 16.9 Å². The number of benzene rings is 3. The minimum atomic E-state index is -0.520. The van der Waals surface area contributed by atoms with Crippen molar-refractivity contribution < 1.29 is 14.6 Å². The van der Waals surface area contributed by atoms with Crippen molar-refractivity contribution in [2.75, 3.05) is 13.7 Å². The number of nitrogens with zero attached hydrogens (tertiary/aromatic N) is 1. The molecule has 196 valence electrons. The van der Waals surface area contributed by atoms with Crippen LogP contribution < -0.4 is 4.74 Å². The molecule has 4 heteroatoms. The molecule has 3 aromatic carbocycles. The minimum Gasteiger partial charge on any atom is -0.497 e. The van der Waals surface area contributed by atoms with Crippen LogP contribution in [0.1, 0.15) is 62.8 Å². The zero-order chi connectivity index (χ0) is 26.0. The van der Waals surface area contributed by atoms with Crippen molar-refractivity contribution in [3.8, 4) is 5.75 Å². The molecule has 0 spiro atoms. The first kappa shape index (κ1) is 26.0. The van der Waals surface area contributed by atoms with Crippen molar-refractivity contribution >= 4 is 0 Å². The summed E-state index contributed by atoms with van der Waals surface area (Å²) in [7, 11) is 1.70. The van der Waals surface area contributed by atoms with Crippen molar-refractivity contribution in [2.45, 2.75) is 69.9 Å². The van der Waals surface area contributed by atoms with Crippen LogP contribution in [0.25, 0.3) is 0 Å². The lowest BCUT2D eigenvalue weighted by molar-refractivity contribution is -0.247. The Morgan fingerprint density at radius 3 is 2.19 bits per heavy atom. The standard InChI is InChI=1S/C33H41NO3/c1-24-15-20-29(30(35)21-24)32(2,3)34-23-33(27-16-18-28(36-4)19-17-27,31(34)26-13-9-6-10-14-26)37-22-25-11-7-5-8-12-25/h5-14,16-19,24,29-31,35H,15,20-23H2,1-4H3/t24-,29-,30-,31+,33+/m1/s1. The van der Waals surface area contributed by atoms with Crippen LogP contribution in [-0.4, -0.2) is 35.3 Å². The van der Waals surface area contributed by atoms with E-state index in [1.165, 1.54) is 12.0 Å². The van der Waals surface area contributed by atoms with Gasteiger partial charge in [-0.05, 0) is 61.4 Å². The van der Waals surface area contributed by atoms with Gasteiger partial charge in [-0.1, -0.05) is 86.1 Å². The third-order valence-corrected chi connectivity index (χ3v) is 8.92. The first-order chi connectivity index (χ1) is 17.8. The van der Waals surface area contributed by atoms with Gasteiger partial charge in [-0.3, -0.25) is 4.90 Å². The monoisotopic (exact) mass is 499 g/mol. The minimum absolute atomic E-state index is 0.0207. The van der Waals surface area contributed by atoms with Gasteiger partial charge in [0.15, 0.2) is 0 Å². The molecular weight excluding hydrogens is 458 g/mol. The maximum atomic E-state index is 11.2. The summed E-state index contributed by atoms with van der Waals surface area (Å²) in [6.45, 7) is 8.20. The Morgan fingerprint density at radius 1 is 0.919 bits per heavy atom. The molecule has 4 nitrogen and oxygen atoms in total. The summed E-state index contributed by atoms with van der Waals surface area (Å²) in [5.41, 5.74) is 2.85. The van der Waals surface area contributed by atoms with Crippen molar-refractivity contribution in [1.29, 1.82) is 0 Å². The topological polar surface area (TPSA) is 41.9 Å². The van der Waals surface area contributed by atoms with E-state index in [0.717, 1.165) is 36.3 Å². The molecule has 2 fully saturated rings. The zero-order valence-corrected chi connectivity index (χ0v) is 22.6. The van der Waals surface area contributed by atoms with Gasteiger partial charge in [-0.25, -0.2) is 0 Å². The van der Waals surface area contributed by atoms with Gasteiger partial charge in [0.05, 0.1) is 25.9 Å². The van der Waals surface area contributed by atoms with Crippen LogP contribution in [0.5, 0.6) is 5.75 Å². The molecule has 0 amide bonds. The van der Waals surface area contributed by atoms with Gasteiger partial charge in [-0.15, -0.1) is 0 Å². The van der Waals surface area contributed by atoms with Crippen LogP contribution in [0.4, 0.5) is 0 Å². The zero-order valence-electron chi connectivity index (χ0n) is 22.6. The number of hydrogen-bond donors (Lipinski definition) is 1. The third kappa shape index (κ3) is 4.95. The van der Waals surface area contributed by atoms with E-state index in [0.29, 0.717) is 12.5 Å². The van der Waals surface area contributed by atoms with E-state index < -0.39 is 5.60 Å². The third-order valence-electron chi connectivity index (χ3n) is 8.92. The molecular formula is C33H41NO3. The Kier molecular flexibility index (Phi) is 7.44. The van der Waals surface area contributed by atoms with Crippen molar-refractivity contribution in [3.05, 3.63) is 102 Å². The van der Waals surface area contributed by atoms with Gasteiger partial charge in [0, 0.05) is 18.0 Å². The maximum absolute atomic E-state index is 11.2. The van der Waals surface area contributed by atoms with Crippen molar-refractivity contribution in [1.82, 2.24) is 4.90 Å². The molecule has 0 radical (unpaired) electrons. The summed E-state index contributed by atoms with van der Waals surface area (Å²) in [6, 6.07) is 29.6. The molecule has 1 saturated heterocycles. The van der Waals surface area contributed by atoms with E-state index in [4.69, 9.17) is 9.47 Å². The first-order valence-corrected chi connectivity index (χ1v) is 13.7. The van der Waals surface area contributed by atoms with Gasteiger partial charge < -0.3 is 14.6 Å². The van der Waals surface area contributed by atoms with E-state index >= 15 is 0 Å². The molecule has 2 aliphatic rings. The first-order valence-electron chi connectivity index (χ1n) is 13.7. The smallest absolute Gasteiger partial charge is 0.126 e. The predicted molar refractivity (Wildman–Crippen MR) is 148 cm³/mol. The Balaban J connectivity index is 1.55. The Hall–Kier alpha value is -2.66. The molecule has 3 aromatic rings. The second-order valence-corrected chi connectivity index (χ2v) is 11.6. The fraction of sp³-hybridized carbons (Fsp3) is 0.455. The van der Waals surface area contributed by atoms with Crippen LogP contribution in [0.3, 0.4) is 0 Å². The lowest BCUT2D eigenvalue weighted by Crippen LogP contribution is -2.71. The molecule has 5 atom stereocenters. The second kappa shape index (κ2) is 10.6. The van der Waals surface area contributed by atoms with E-state index in [1.54, 1.807) is 7.11 Å². The number of methoxy groups -OCH3 is 1.